The Kier molecular flexibility index (Phi) is 4.97. The molecule has 1 fully saturated rings. The minimum absolute atomic E-state index is 0.860. The van der Waals surface area contributed by atoms with Crippen molar-refractivity contribution in [2.24, 2.45) is 0 Å². The second kappa shape index (κ2) is 7.52. The van der Waals surface area contributed by atoms with Gasteiger partial charge in [-0.1, -0.05) is 29.8 Å². The van der Waals surface area contributed by atoms with Crippen molar-refractivity contribution in [1.29, 1.82) is 0 Å². The van der Waals surface area contributed by atoms with Crippen molar-refractivity contribution in [3.8, 4) is 10.8 Å². The number of thiazole rings is 1. The second-order valence-corrected chi connectivity index (χ2v) is 7.52. The lowest BCUT2D eigenvalue weighted by Crippen LogP contribution is -2.45. The normalized spacial score (nSPS) is 16.4. The van der Waals surface area contributed by atoms with E-state index < -0.39 is 0 Å². The topological polar surface area (TPSA) is 32.5 Å². The maximum atomic E-state index is 5.43. The molecule has 2 aromatic heterocycles. The highest BCUT2D eigenvalue weighted by molar-refractivity contribution is 7.13. The minimum Gasteiger partial charge on any atom is -0.462 e. The molecule has 0 atom stereocenters. The summed E-state index contributed by atoms with van der Waals surface area (Å²) in [6.45, 7) is 8.56. The molecule has 1 aliphatic rings. The molecule has 0 spiro atoms. The van der Waals surface area contributed by atoms with Crippen molar-refractivity contribution in [2.45, 2.75) is 20.0 Å². The Morgan fingerprint density at radius 1 is 1.04 bits per heavy atom. The maximum Gasteiger partial charge on any atom is 0.162 e. The molecule has 25 heavy (non-hydrogen) atoms. The van der Waals surface area contributed by atoms with E-state index in [1.807, 2.05) is 12.1 Å². The van der Waals surface area contributed by atoms with Crippen molar-refractivity contribution in [2.75, 3.05) is 26.2 Å². The number of hydrogen-bond acceptors (Lipinski definition) is 5. The third-order valence-electron chi connectivity index (χ3n) is 4.62. The van der Waals surface area contributed by atoms with Gasteiger partial charge in [-0.2, -0.15) is 0 Å². The van der Waals surface area contributed by atoms with Crippen LogP contribution >= 0.6 is 11.3 Å². The molecule has 130 valence electrons. The quantitative estimate of drug-likeness (QED) is 0.693. The van der Waals surface area contributed by atoms with E-state index in [9.17, 15) is 0 Å². The highest BCUT2D eigenvalue weighted by Crippen LogP contribution is 2.24. The van der Waals surface area contributed by atoms with E-state index in [4.69, 9.17) is 9.40 Å². The molecule has 5 heteroatoms. The lowest BCUT2D eigenvalue weighted by atomic mass is 10.1. The molecule has 0 amide bonds. The zero-order valence-corrected chi connectivity index (χ0v) is 15.3. The van der Waals surface area contributed by atoms with Crippen molar-refractivity contribution in [3.63, 3.8) is 0 Å². The first kappa shape index (κ1) is 16.5. The molecule has 1 saturated heterocycles. The molecular weight excluding hydrogens is 330 g/mol. The Balaban J connectivity index is 1.29. The molecule has 0 N–H and O–H groups in total. The summed E-state index contributed by atoms with van der Waals surface area (Å²) in [6.07, 6.45) is 1.70. The third-order valence-corrected chi connectivity index (χ3v) is 5.53. The van der Waals surface area contributed by atoms with E-state index in [2.05, 4.69) is 46.4 Å². The first-order valence-electron chi connectivity index (χ1n) is 8.75. The molecule has 1 aromatic carbocycles. The molecule has 0 bridgehead atoms. The van der Waals surface area contributed by atoms with Crippen LogP contribution in [0, 0.1) is 6.92 Å². The van der Waals surface area contributed by atoms with Gasteiger partial charge in [-0.15, -0.1) is 11.3 Å². The smallest absolute Gasteiger partial charge is 0.162 e. The molecule has 3 heterocycles. The maximum absolute atomic E-state index is 5.43. The molecule has 0 unspecified atom stereocenters. The summed E-state index contributed by atoms with van der Waals surface area (Å²) in [5, 5.41) is 3.12. The van der Waals surface area contributed by atoms with Crippen LogP contribution < -0.4 is 0 Å². The number of aromatic nitrogens is 1. The number of aryl methyl sites for hydroxylation is 1. The van der Waals surface area contributed by atoms with Crippen LogP contribution in [0.5, 0.6) is 0 Å². The molecule has 3 aromatic rings. The predicted molar refractivity (Wildman–Crippen MR) is 102 cm³/mol. The van der Waals surface area contributed by atoms with Crippen molar-refractivity contribution < 1.29 is 4.42 Å². The molecule has 0 aliphatic carbocycles. The highest BCUT2D eigenvalue weighted by Gasteiger charge is 2.18. The summed E-state index contributed by atoms with van der Waals surface area (Å²) in [5.74, 6) is 0.860. The molecule has 4 rings (SSSR count). The summed E-state index contributed by atoms with van der Waals surface area (Å²) >= 11 is 1.66. The van der Waals surface area contributed by atoms with Crippen LogP contribution in [0.2, 0.25) is 0 Å². The number of hydrogen-bond donors (Lipinski definition) is 0. The zero-order chi connectivity index (χ0) is 17.1. The number of piperazine rings is 1. The van der Waals surface area contributed by atoms with Gasteiger partial charge in [0.2, 0.25) is 0 Å². The summed E-state index contributed by atoms with van der Waals surface area (Å²) in [6, 6.07) is 12.7. The Hall–Kier alpha value is -1.95. The zero-order valence-electron chi connectivity index (χ0n) is 14.5. The van der Waals surface area contributed by atoms with E-state index in [1.165, 1.54) is 11.1 Å². The van der Waals surface area contributed by atoms with Crippen LogP contribution in [0.15, 0.2) is 52.5 Å². The SMILES string of the molecule is Cc1cccc(CN2CCN(Cc3csc(-c4ccco4)n3)CC2)c1. The number of rotatable bonds is 5. The predicted octanol–water partition coefficient (Wildman–Crippen LogP) is 4.03. The van der Waals surface area contributed by atoms with Gasteiger partial charge in [-0.25, -0.2) is 4.98 Å². The van der Waals surface area contributed by atoms with Crippen molar-refractivity contribution >= 4 is 11.3 Å². The molecule has 0 radical (unpaired) electrons. The van der Waals surface area contributed by atoms with E-state index in [0.717, 1.165) is 55.7 Å². The van der Waals surface area contributed by atoms with Crippen LogP contribution in [0.4, 0.5) is 0 Å². The van der Waals surface area contributed by atoms with Crippen LogP contribution in [0.1, 0.15) is 16.8 Å². The van der Waals surface area contributed by atoms with Gasteiger partial charge in [0, 0.05) is 44.6 Å². The second-order valence-electron chi connectivity index (χ2n) is 6.66. The van der Waals surface area contributed by atoms with E-state index in [0.29, 0.717) is 0 Å². The van der Waals surface area contributed by atoms with Crippen LogP contribution in [-0.4, -0.2) is 41.0 Å². The van der Waals surface area contributed by atoms with Gasteiger partial charge in [-0.3, -0.25) is 9.80 Å². The van der Waals surface area contributed by atoms with Gasteiger partial charge in [0.1, 0.15) is 0 Å². The molecule has 1 aliphatic heterocycles. The van der Waals surface area contributed by atoms with Crippen molar-refractivity contribution in [1.82, 2.24) is 14.8 Å². The number of furan rings is 1. The highest BCUT2D eigenvalue weighted by atomic mass is 32.1. The Bertz CT molecular complexity index is 804. The van der Waals surface area contributed by atoms with Gasteiger partial charge in [0.25, 0.3) is 0 Å². The fourth-order valence-corrected chi connectivity index (χ4v) is 4.07. The fraction of sp³-hybridized carbons (Fsp3) is 0.350. The molecule has 0 saturated carbocycles. The van der Waals surface area contributed by atoms with Gasteiger partial charge >= 0.3 is 0 Å². The third kappa shape index (κ3) is 4.18. The number of benzene rings is 1. The first-order valence-corrected chi connectivity index (χ1v) is 9.63. The molecule has 4 nitrogen and oxygen atoms in total. The average molecular weight is 353 g/mol. The molecular formula is C20H23N3OS. The van der Waals surface area contributed by atoms with Crippen molar-refractivity contribution in [3.05, 3.63) is 64.9 Å². The Morgan fingerprint density at radius 3 is 2.56 bits per heavy atom. The van der Waals surface area contributed by atoms with Gasteiger partial charge < -0.3 is 4.42 Å². The van der Waals surface area contributed by atoms with Gasteiger partial charge in [0.15, 0.2) is 10.8 Å². The average Bonchev–Trinajstić information content (AvgIpc) is 3.28. The van der Waals surface area contributed by atoms with E-state index >= 15 is 0 Å². The van der Waals surface area contributed by atoms with Gasteiger partial charge in [-0.05, 0) is 24.6 Å². The van der Waals surface area contributed by atoms with Crippen LogP contribution in [0.25, 0.3) is 10.8 Å². The Labute approximate surface area is 152 Å². The summed E-state index contributed by atoms with van der Waals surface area (Å²) < 4.78 is 5.43. The minimum atomic E-state index is 0.860. The largest absolute Gasteiger partial charge is 0.462 e. The van der Waals surface area contributed by atoms with Crippen LogP contribution in [0.3, 0.4) is 0 Å². The lowest BCUT2D eigenvalue weighted by Gasteiger charge is -2.34. The van der Waals surface area contributed by atoms with E-state index in [-0.39, 0.29) is 0 Å². The standard InChI is InChI=1S/C20H23N3OS/c1-16-4-2-5-17(12-16)13-22-7-9-23(10-8-22)14-18-15-25-20(21-18)19-6-3-11-24-19/h2-6,11-12,15H,7-10,13-14H2,1H3. The lowest BCUT2D eigenvalue weighted by molar-refractivity contribution is 0.121. The monoisotopic (exact) mass is 353 g/mol. The van der Waals surface area contributed by atoms with Crippen LogP contribution in [-0.2, 0) is 13.1 Å². The fourth-order valence-electron chi connectivity index (χ4n) is 3.30. The Morgan fingerprint density at radius 2 is 1.84 bits per heavy atom. The summed E-state index contributed by atoms with van der Waals surface area (Å²) in [4.78, 5) is 9.75. The van der Waals surface area contributed by atoms with Gasteiger partial charge in [0.05, 0.1) is 12.0 Å². The first-order chi connectivity index (χ1) is 12.3. The summed E-state index contributed by atoms with van der Waals surface area (Å²) in [7, 11) is 0. The summed E-state index contributed by atoms with van der Waals surface area (Å²) in [5.41, 5.74) is 3.90. The number of nitrogens with zero attached hydrogens (tertiary/aromatic N) is 3. The van der Waals surface area contributed by atoms with E-state index in [1.54, 1.807) is 17.6 Å².